The first-order valence-corrected chi connectivity index (χ1v) is 10.2. The lowest BCUT2D eigenvalue weighted by molar-refractivity contribution is -0.144. The van der Waals surface area contributed by atoms with E-state index in [1.807, 2.05) is 0 Å². The first-order valence-electron chi connectivity index (χ1n) is 7.39. The molecular weight excluding hydrogens is 417 g/mol. The van der Waals surface area contributed by atoms with E-state index in [-0.39, 0.29) is 18.7 Å². The van der Waals surface area contributed by atoms with Gasteiger partial charge in [-0.1, -0.05) is 0 Å². The molecule has 0 bridgehead atoms. The van der Waals surface area contributed by atoms with Crippen LogP contribution in [0.3, 0.4) is 0 Å². The number of aromatic nitrogens is 1. The van der Waals surface area contributed by atoms with Crippen molar-refractivity contribution < 1.29 is 43.7 Å². The van der Waals surface area contributed by atoms with E-state index >= 15 is 0 Å². The zero-order chi connectivity index (χ0) is 20.6. The largest absolute Gasteiger partial charge is 0.534 e. The van der Waals surface area contributed by atoms with Crippen LogP contribution in [0, 0.1) is 6.92 Å². The number of nitrogens with zero attached hydrogens (tertiary/aromatic N) is 2. The quantitative estimate of drug-likeness (QED) is 0.383. The van der Waals surface area contributed by atoms with Gasteiger partial charge in [0, 0.05) is 12.2 Å². The van der Waals surface area contributed by atoms with Crippen molar-refractivity contribution in [3.05, 3.63) is 17.8 Å². The van der Waals surface area contributed by atoms with Gasteiger partial charge in [0.25, 0.3) is 5.88 Å². The SMILES string of the molecule is COC(=O)[C@@H]1CCCN1S(=O)(=O)c1ccc(C)nc1OS(=O)(=O)C(F)(F)F. The summed E-state index contributed by atoms with van der Waals surface area (Å²) in [4.78, 5) is 14.4. The lowest BCUT2D eigenvalue weighted by Crippen LogP contribution is -2.41. The number of hydrogen-bond acceptors (Lipinski definition) is 8. The minimum atomic E-state index is -6.15. The number of carbonyl (C=O) groups excluding carboxylic acids is 1. The third-order valence-corrected chi connectivity index (χ3v) is 6.57. The number of halogens is 3. The number of alkyl halides is 3. The minimum absolute atomic E-state index is 0.0206. The number of aryl methyl sites for hydroxylation is 1. The van der Waals surface area contributed by atoms with E-state index in [0.29, 0.717) is 6.42 Å². The molecule has 0 N–H and O–H groups in total. The van der Waals surface area contributed by atoms with Gasteiger partial charge >= 0.3 is 21.6 Å². The van der Waals surface area contributed by atoms with Crippen molar-refractivity contribution in [2.24, 2.45) is 0 Å². The van der Waals surface area contributed by atoms with Crippen LogP contribution in [-0.4, -0.2) is 57.3 Å². The molecule has 1 aromatic heterocycles. The van der Waals surface area contributed by atoms with Crippen molar-refractivity contribution in [2.75, 3.05) is 13.7 Å². The Morgan fingerprint density at radius 2 is 1.89 bits per heavy atom. The highest BCUT2D eigenvalue weighted by molar-refractivity contribution is 7.89. The molecule has 152 valence electrons. The summed E-state index contributed by atoms with van der Waals surface area (Å²) in [6.07, 6.45) is 0.442. The Morgan fingerprint density at radius 3 is 2.44 bits per heavy atom. The molecule has 0 radical (unpaired) electrons. The molecule has 0 saturated carbocycles. The highest BCUT2D eigenvalue weighted by Gasteiger charge is 2.50. The van der Waals surface area contributed by atoms with Crippen LogP contribution >= 0.6 is 0 Å². The van der Waals surface area contributed by atoms with Crippen LogP contribution in [0.1, 0.15) is 18.5 Å². The average molecular weight is 432 g/mol. The van der Waals surface area contributed by atoms with Crippen molar-refractivity contribution in [3.63, 3.8) is 0 Å². The minimum Gasteiger partial charge on any atom is -0.468 e. The predicted molar refractivity (Wildman–Crippen MR) is 83.5 cm³/mol. The predicted octanol–water partition coefficient (Wildman–Crippen LogP) is 0.945. The van der Waals surface area contributed by atoms with E-state index in [9.17, 15) is 34.8 Å². The van der Waals surface area contributed by atoms with Crippen molar-refractivity contribution in [1.29, 1.82) is 0 Å². The van der Waals surface area contributed by atoms with Gasteiger partial charge in [-0.2, -0.15) is 25.9 Å². The molecule has 0 aliphatic carbocycles. The summed E-state index contributed by atoms with van der Waals surface area (Å²) in [6, 6.07) is 0.836. The van der Waals surface area contributed by atoms with E-state index in [0.717, 1.165) is 23.5 Å². The number of ether oxygens (including phenoxy) is 1. The Labute approximate surface area is 153 Å². The Balaban J connectivity index is 2.54. The van der Waals surface area contributed by atoms with E-state index in [2.05, 4.69) is 13.9 Å². The van der Waals surface area contributed by atoms with Gasteiger partial charge in [0.05, 0.1) is 7.11 Å². The molecule has 27 heavy (non-hydrogen) atoms. The maximum Gasteiger partial charge on any atom is 0.534 e. The molecule has 1 aliphatic rings. The second-order valence-electron chi connectivity index (χ2n) is 5.54. The monoisotopic (exact) mass is 432 g/mol. The maximum absolute atomic E-state index is 12.9. The van der Waals surface area contributed by atoms with Gasteiger partial charge in [-0.05, 0) is 31.9 Å². The highest BCUT2D eigenvalue weighted by atomic mass is 32.2. The van der Waals surface area contributed by atoms with Crippen molar-refractivity contribution in [3.8, 4) is 5.88 Å². The molecule has 0 unspecified atom stereocenters. The van der Waals surface area contributed by atoms with Crippen LogP contribution in [0.25, 0.3) is 0 Å². The van der Waals surface area contributed by atoms with E-state index < -0.39 is 48.4 Å². The van der Waals surface area contributed by atoms with Crippen molar-refractivity contribution in [2.45, 2.75) is 36.2 Å². The molecule has 9 nitrogen and oxygen atoms in total. The molecule has 1 saturated heterocycles. The Bertz CT molecular complexity index is 945. The fourth-order valence-electron chi connectivity index (χ4n) is 2.45. The first-order chi connectivity index (χ1) is 12.3. The fourth-order valence-corrected chi connectivity index (χ4v) is 4.63. The van der Waals surface area contributed by atoms with Gasteiger partial charge in [-0.3, -0.25) is 4.79 Å². The number of sulfonamides is 1. The number of hydrogen-bond donors (Lipinski definition) is 0. The van der Waals surface area contributed by atoms with Crippen LogP contribution in [0.15, 0.2) is 17.0 Å². The third-order valence-electron chi connectivity index (χ3n) is 3.70. The molecule has 0 spiro atoms. The summed E-state index contributed by atoms with van der Waals surface area (Å²) in [5, 5.41) is 0. The second-order valence-corrected chi connectivity index (χ2v) is 8.93. The lowest BCUT2D eigenvalue weighted by atomic mass is 10.2. The maximum atomic E-state index is 12.9. The molecule has 1 aliphatic heterocycles. The Hall–Kier alpha value is -1.93. The van der Waals surface area contributed by atoms with Gasteiger partial charge < -0.3 is 8.92 Å². The van der Waals surface area contributed by atoms with Gasteiger partial charge in [0.2, 0.25) is 10.0 Å². The number of esters is 1. The molecule has 1 fully saturated rings. The Kier molecular flexibility index (Phi) is 5.73. The van der Waals surface area contributed by atoms with Crippen molar-refractivity contribution in [1.82, 2.24) is 9.29 Å². The number of pyridine rings is 1. The molecule has 0 amide bonds. The molecule has 1 aromatic rings. The van der Waals surface area contributed by atoms with Crippen LogP contribution in [-0.2, 0) is 29.7 Å². The molecule has 2 heterocycles. The van der Waals surface area contributed by atoms with Gasteiger partial charge in [-0.15, -0.1) is 0 Å². The number of carbonyl (C=O) groups is 1. The van der Waals surface area contributed by atoms with Gasteiger partial charge in [-0.25, -0.2) is 13.4 Å². The van der Waals surface area contributed by atoms with E-state index in [1.165, 1.54) is 6.92 Å². The summed E-state index contributed by atoms with van der Waals surface area (Å²) in [5.74, 6) is -2.09. The summed E-state index contributed by atoms with van der Waals surface area (Å²) in [6.45, 7) is 1.19. The summed E-state index contributed by atoms with van der Waals surface area (Å²) in [7, 11) is -9.68. The van der Waals surface area contributed by atoms with Crippen LogP contribution in [0.5, 0.6) is 5.88 Å². The standard InChI is InChI=1S/C13H15F3N2O7S2/c1-8-5-6-10(11(17-8)25-27(22,23)13(14,15)16)26(20,21)18-7-3-4-9(18)12(19)24-2/h5-6,9H,3-4,7H2,1-2H3/t9-/m0/s1. The highest BCUT2D eigenvalue weighted by Crippen LogP contribution is 2.34. The van der Waals surface area contributed by atoms with E-state index in [1.54, 1.807) is 0 Å². The zero-order valence-corrected chi connectivity index (χ0v) is 15.7. The number of rotatable bonds is 5. The second kappa shape index (κ2) is 7.24. The topological polar surface area (TPSA) is 120 Å². The molecule has 0 aromatic carbocycles. The van der Waals surface area contributed by atoms with Gasteiger partial charge in [0.1, 0.15) is 10.9 Å². The molecule has 14 heteroatoms. The van der Waals surface area contributed by atoms with E-state index in [4.69, 9.17) is 0 Å². The first kappa shape index (κ1) is 21.4. The smallest absolute Gasteiger partial charge is 0.468 e. The normalized spacial score (nSPS) is 19.1. The zero-order valence-electron chi connectivity index (χ0n) is 14.1. The molecule has 1 atom stereocenters. The lowest BCUT2D eigenvalue weighted by Gasteiger charge is -2.23. The fraction of sp³-hybridized carbons (Fsp3) is 0.538. The van der Waals surface area contributed by atoms with Crippen molar-refractivity contribution >= 4 is 26.1 Å². The average Bonchev–Trinajstić information content (AvgIpc) is 3.03. The summed E-state index contributed by atoms with van der Waals surface area (Å²) < 4.78 is 95.3. The van der Waals surface area contributed by atoms with Crippen LogP contribution in [0.2, 0.25) is 0 Å². The van der Waals surface area contributed by atoms with Gasteiger partial charge in [0.15, 0.2) is 0 Å². The van der Waals surface area contributed by atoms with Crippen LogP contribution < -0.4 is 4.18 Å². The number of methoxy groups -OCH3 is 1. The Morgan fingerprint density at radius 1 is 1.26 bits per heavy atom. The third kappa shape index (κ3) is 4.16. The molecule has 2 rings (SSSR count). The van der Waals surface area contributed by atoms with Crippen LogP contribution in [0.4, 0.5) is 13.2 Å². The summed E-state index contributed by atoms with van der Waals surface area (Å²) in [5.41, 5.74) is -5.76. The summed E-state index contributed by atoms with van der Waals surface area (Å²) >= 11 is 0. The molecular formula is C13H15F3N2O7S2.